The summed E-state index contributed by atoms with van der Waals surface area (Å²) in [5.41, 5.74) is -5.27. The van der Waals surface area contributed by atoms with E-state index in [1.54, 1.807) is 0 Å². The number of esters is 1. The standard InChI is InChI=1S/C10H8F5NO3/c1-19-6(18)3-4-2-5(17)16-8(9(11)12)7(4)10(13,14)15/h2,9H,3H2,1H3,(H,16,17). The Kier molecular flexibility index (Phi) is 4.28. The predicted octanol–water partition coefficient (Wildman–Crippen LogP) is 2.05. The largest absolute Gasteiger partial charge is 0.469 e. The van der Waals surface area contributed by atoms with Crippen molar-refractivity contribution in [3.63, 3.8) is 0 Å². The van der Waals surface area contributed by atoms with Gasteiger partial charge in [0.25, 0.3) is 6.43 Å². The van der Waals surface area contributed by atoms with Crippen LogP contribution >= 0.6 is 0 Å². The van der Waals surface area contributed by atoms with Crippen LogP contribution in [-0.4, -0.2) is 18.1 Å². The maximum absolute atomic E-state index is 12.7. The Morgan fingerprint density at radius 3 is 2.42 bits per heavy atom. The molecule has 106 valence electrons. The number of hydrogen-bond donors (Lipinski definition) is 1. The van der Waals surface area contributed by atoms with Crippen molar-refractivity contribution < 1.29 is 31.5 Å². The number of carbonyl (C=O) groups excluding carboxylic acids is 1. The van der Waals surface area contributed by atoms with Crippen LogP contribution in [0.25, 0.3) is 0 Å². The van der Waals surface area contributed by atoms with Crippen LogP contribution in [0.4, 0.5) is 22.0 Å². The number of aromatic amines is 1. The summed E-state index contributed by atoms with van der Waals surface area (Å²) in [6.45, 7) is 0. The number of methoxy groups -OCH3 is 1. The molecule has 19 heavy (non-hydrogen) atoms. The third kappa shape index (κ3) is 3.52. The van der Waals surface area contributed by atoms with E-state index in [0.29, 0.717) is 6.07 Å². The fourth-order valence-electron chi connectivity index (χ4n) is 1.50. The molecule has 0 aromatic carbocycles. The van der Waals surface area contributed by atoms with Gasteiger partial charge in [-0.1, -0.05) is 0 Å². The van der Waals surface area contributed by atoms with E-state index < -0.39 is 47.4 Å². The van der Waals surface area contributed by atoms with Crippen molar-refractivity contribution in [2.24, 2.45) is 0 Å². The van der Waals surface area contributed by atoms with Gasteiger partial charge in [0.15, 0.2) is 0 Å². The van der Waals surface area contributed by atoms with E-state index in [4.69, 9.17) is 0 Å². The van der Waals surface area contributed by atoms with Crippen molar-refractivity contribution in [1.29, 1.82) is 0 Å². The Labute approximate surface area is 103 Å². The summed E-state index contributed by atoms with van der Waals surface area (Å²) in [7, 11) is 0.927. The second kappa shape index (κ2) is 5.37. The molecule has 1 rings (SSSR count). The zero-order valence-corrected chi connectivity index (χ0v) is 9.48. The van der Waals surface area contributed by atoms with Gasteiger partial charge in [0.2, 0.25) is 5.56 Å². The lowest BCUT2D eigenvalue weighted by Gasteiger charge is -2.15. The first-order valence-corrected chi connectivity index (χ1v) is 4.85. The molecule has 4 nitrogen and oxygen atoms in total. The molecular formula is C10H8F5NO3. The zero-order chi connectivity index (χ0) is 14.8. The molecule has 0 bridgehead atoms. The molecule has 1 aromatic rings. The van der Waals surface area contributed by atoms with Crippen LogP contribution in [0, 0.1) is 0 Å². The number of nitrogens with one attached hydrogen (secondary N) is 1. The SMILES string of the molecule is COC(=O)Cc1cc(=O)[nH]c(C(F)F)c1C(F)(F)F. The normalized spacial score (nSPS) is 11.7. The lowest BCUT2D eigenvalue weighted by Crippen LogP contribution is -2.22. The van der Waals surface area contributed by atoms with Crippen molar-refractivity contribution in [2.75, 3.05) is 7.11 Å². The first kappa shape index (κ1) is 15.1. The molecule has 1 aromatic heterocycles. The maximum Gasteiger partial charge on any atom is 0.418 e. The van der Waals surface area contributed by atoms with E-state index in [9.17, 15) is 31.5 Å². The van der Waals surface area contributed by atoms with Gasteiger partial charge in [-0.15, -0.1) is 0 Å². The number of carbonyl (C=O) groups is 1. The van der Waals surface area contributed by atoms with Gasteiger partial charge in [-0.25, -0.2) is 8.78 Å². The summed E-state index contributed by atoms with van der Waals surface area (Å²) in [5.74, 6) is -1.07. The first-order valence-electron chi connectivity index (χ1n) is 4.85. The molecule has 0 atom stereocenters. The van der Waals surface area contributed by atoms with Gasteiger partial charge >= 0.3 is 12.1 Å². The molecule has 0 aliphatic carbocycles. The van der Waals surface area contributed by atoms with Gasteiger partial charge in [-0.3, -0.25) is 9.59 Å². The second-order valence-corrected chi connectivity index (χ2v) is 3.50. The smallest absolute Gasteiger partial charge is 0.418 e. The molecule has 0 saturated carbocycles. The van der Waals surface area contributed by atoms with Crippen LogP contribution in [0.15, 0.2) is 10.9 Å². The van der Waals surface area contributed by atoms with Gasteiger partial charge < -0.3 is 9.72 Å². The highest BCUT2D eigenvalue weighted by molar-refractivity contribution is 5.73. The Morgan fingerprint density at radius 1 is 1.42 bits per heavy atom. The monoisotopic (exact) mass is 285 g/mol. The van der Waals surface area contributed by atoms with E-state index in [1.165, 1.54) is 4.98 Å². The predicted molar refractivity (Wildman–Crippen MR) is 52.7 cm³/mol. The lowest BCUT2D eigenvalue weighted by atomic mass is 10.0. The van der Waals surface area contributed by atoms with E-state index >= 15 is 0 Å². The quantitative estimate of drug-likeness (QED) is 0.683. The number of ether oxygens (including phenoxy) is 1. The third-order valence-electron chi connectivity index (χ3n) is 2.22. The lowest BCUT2D eigenvalue weighted by molar-refractivity contribution is -0.142. The highest BCUT2D eigenvalue weighted by atomic mass is 19.4. The summed E-state index contributed by atoms with van der Waals surface area (Å²) in [5, 5.41) is 0. The third-order valence-corrected chi connectivity index (χ3v) is 2.22. The van der Waals surface area contributed by atoms with Crippen LogP contribution in [-0.2, 0) is 22.1 Å². The van der Waals surface area contributed by atoms with Gasteiger partial charge in [-0.05, 0) is 5.56 Å². The first-order chi connectivity index (χ1) is 8.66. The molecule has 1 heterocycles. The fourth-order valence-corrected chi connectivity index (χ4v) is 1.50. The van der Waals surface area contributed by atoms with Gasteiger partial charge in [-0.2, -0.15) is 13.2 Å². The van der Waals surface area contributed by atoms with E-state index in [2.05, 4.69) is 4.74 Å². The number of pyridine rings is 1. The van der Waals surface area contributed by atoms with Crippen LogP contribution in [0.1, 0.15) is 23.2 Å². The topological polar surface area (TPSA) is 59.2 Å². The molecule has 0 radical (unpaired) electrons. The molecule has 9 heteroatoms. The molecule has 0 saturated heterocycles. The van der Waals surface area contributed by atoms with Crippen LogP contribution in [0.2, 0.25) is 0 Å². The van der Waals surface area contributed by atoms with Gasteiger partial charge in [0, 0.05) is 6.07 Å². The molecule has 1 N–H and O–H groups in total. The average Bonchev–Trinajstić information content (AvgIpc) is 2.25. The maximum atomic E-state index is 12.7. The van der Waals surface area contributed by atoms with E-state index in [0.717, 1.165) is 7.11 Å². The van der Waals surface area contributed by atoms with Crippen LogP contribution in [0.5, 0.6) is 0 Å². The Hall–Kier alpha value is -1.93. The summed E-state index contributed by atoms with van der Waals surface area (Å²) >= 11 is 0. The summed E-state index contributed by atoms with van der Waals surface area (Å²) < 4.78 is 67.5. The number of H-pyrrole nitrogens is 1. The van der Waals surface area contributed by atoms with Crippen molar-refractivity contribution >= 4 is 5.97 Å². The molecule has 0 aliphatic heterocycles. The zero-order valence-electron chi connectivity index (χ0n) is 9.48. The summed E-state index contributed by atoms with van der Waals surface area (Å²) in [6.07, 6.45) is -9.57. The summed E-state index contributed by atoms with van der Waals surface area (Å²) in [6, 6.07) is 0.450. The van der Waals surface area contributed by atoms with Crippen LogP contribution in [0.3, 0.4) is 0 Å². The van der Waals surface area contributed by atoms with E-state index in [-0.39, 0.29) is 0 Å². The highest BCUT2D eigenvalue weighted by Crippen LogP contribution is 2.37. The van der Waals surface area contributed by atoms with Gasteiger partial charge in [0.1, 0.15) is 0 Å². The number of halogens is 5. The molecule has 0 unspecified atom stereocenters. The molecule has 0 fully saturated rings. The average molecular weight is 285 g/mol. The van der Waals surface area contributed by atoms with Crippen LogP contribution < -0.4 is 5.56 Å². The molecule has 0 spiro atoms. The minimum Gasteiger partial charge on any atom is -0.469 e. The summed E-state index contributed by atoms with van der Waals surface area (Å²) in [4.78, 5) is 23.5. The number of hydrogen-bond acceptors (Lipinski definition) is 3. The molecular weight excluding hydrogens is 277 g/mol. The molecule has 0 aliphatic rings. The van der Waals surface area contributed by atoms with Gasteiger partial charge in [0.05, 0.1) is 24.8 Å². The van der Waals surface area contributed by atoms with E-state index in [1.807, 2.05) is 0 Å². The highest BCUT2D eigenvalue weighted by Gasteiger charge is 2.39. The minimum atomic E-state index is -5.13. The number of alkyl halides is 5. The Bertz CT molecular complexity index is 535. The van der Waals surface area contributed by atoms with Crippen molar-refractivity contribution in [1.82, 2.24) is 4.98 Å². The second-order valence-electron chi connectivity index (χ2n) is 3.50. The Balaban J connectivity index is 3.51. The number of aromatic nitrogens is 1. The Morgan fingerprint density at radius 2 is 2.00 bits per heavy atom. The fraction of sp³-hybridized carbons (Fsp3) is 0.400. The molecule has 0 amide bonds. The van der Waals surface area contributed by atoms with Crippen molar-refractivity contribution in [3.05, 3.63) is 33.2 Å². The van der Waals surface area contributed by atoms with Crippen molar-refractivity contribution in [2.45, 2.75) is 19.0 Å². The minimum absolute atomic E-state index is 0.450. The number of rotatable bonds is 3. The van der Waals surface area contributed by atoms with Crippen molar-refractivity contribution in [3.8, 4) is 0 Å².